The van der Waals surface area contributed by atoms with Gasteiger partial charge in [0.2, 0.25) is 5.91 Å². The van der Waals surface area contributed by atoms with E-state index in [0.29, 0.717) is 10.9 Å². The largest absolute Gasteiger partial charge is 0.366 e. The van der Waals surface area contributed by atoms with Crippen molar-refractivity contribution < 1.29 is 4.79 Å². The summed E-state index contributed by atoms with van der Waals surface area (Å²) in [6.45, 7) is 1.95. The molecule has 3 N–H and O–H groups in total. The minimum Gasteiger partial charge on any atom is -0.366 e. The molecule has 0 aliphatic carbocycles. The number of nitrogens with two attached hydrogens (primary N) is 1. The Labute approximate surface area is 92.1 Å². The molecule has 0 spiro atoms. The molecule has 0 aliphatic heterocycles. The smallest absolute Gasteiger partial charge is 0.249 e. The summed E-state index contributed by atoms with van der Waals surface area (Å²) in [5.41, 5.74) is 6.83. The second-order valence-corrected chi connectivity index (χ2v) is 3.60. The highest BCUT2D eigenvalue weighted by molar-refractivity contribution is 6.05. The van der Waals surface area contributed by atoms with E-state index in [9.17, 15) is 9.59 Å². The first kappa shape index (κ1) is 10.4. The Bertz CT molecular complexity index is 614. The van der Waals surface area contributed by atoms with E-state index in [1.54, 1.807) is 18.2 Å². The summed E-state index contributed by atoms with van der Waals surface area (Å²) in [5.74, 6) is -0.583. The Morgan fingerprint density at radius 2 is 2.19 bits per heavy atom. The topological polar surface area (TPSA) is 76.0 Å². The molecule has 0 aliphatic rings. The molecule has 1 aromatic heterocycles. The molecule has 0 fully saturated rings. The van der Waals surface area contributed by atoms with Gasteiger partial charge in [0.15, 0.2) is 5.43 Å². The monoisotopic (exact) mass is 216 g/mol. The lowest BCUT2D eigenvalue weighted by Crippen LogP contribution is -2.16. The summed E-state index contributed by atoms with van der Waals surface area (Å²) in [6, 6.07) is 6.54. The van der Waals surface area contributed by atoms with Crippen molar-refractivity contribution in [2.45, 2.75) is 13.3 Å². The van der Waals surface area contributed by atoms with E-state index in [1.807, 2.05) is 6.92 Å². The maximum Gasteiger partial charge on any atom is 0.249 e. The summed E-state index contributed by atoms with van der Waals surface area (Å²) in [6.07, 6.45) is 0.742. The van der Waals surface area contributed by atoms with Crippen LogP contribution >= 0.6 is 0 Å². The third kappa shape index (κ3) is 1.58. The standard InChI is InChI=1S/C12H12N2O2/c1-2-7-6-10(15)11-8(12(13)16)4-3-5-9(11)14-7/h3-6H,2H2,1H3,(H2,13,16)(H,14,15). The third-order valence-corrected chi connectivity index (χ3v) is 2.56. The van der Waals surface area contributed by atoms with Gasteiger partial charge < -0.3 is 10.7 Å². The molecule has 0 atom stereocenters. The van der Waals surface area contributed by atoms with Crippen molar-refractivity contribution in [3.8, 4) is 0 Å². The molecule has 2 rings (SSSR count). The fraction of sp³-hybridized carbons (Fsp3) is 0.167. The number of hydrogen-bond donors (Lipinski definition) is 2. The fourth-order valence-electron chi connectivity index (χ4n) is 1.76. The van der Waals surface area contributed by atoms with Crippen molar-refractivity contribution in [2.75, 3.05) is 0 Å². The quantitative estimate of drug-likeness (QED) is 0.791. The van der Waals surface area contributed by atoms with Gasteiger partial charge in [0, 0.05) is 11.8 Å². The number of aryl methyl sites for hydroxylation is 1. The van der Waals surface area contributed by atoms with Gasteiger partial charge in [0.1, 0.15) is 0 Å². The second kappa shape index (κ2) is 3.81. The van der Waals surface area contributed by atoms with Gasteiger partial charge in [0.05, 0.1) is 16.5 Å². The average molecular weight is 216 g/mol. The number of nitrogens with one attached hydrogen (secondary N) is 1. The Hall–Kier alpha value is -2.10. The highest BCUT2D eigenvalue weighted by Crippen LogP contribution is 2.13. The number of benzene rings is 1. The first-order chi connectivity index (χ1) is 7.63. The molecule has 2 aromatic rings. The molecule has 1 heterocycles. The van der Waals surface area contributed by atoms with Crippen molar-refractivity contribution in [1.29, 1.82) is 0 Å². The number of primary amides is 1. The summed E-state index contributed by atoms with van der Waals surface area (Å²) in [7, 11) is 0. The van der Waals surface area contributed by atoms with E-state index in [1.165, 1.54) is 6.07 Å². The molecule has 82 valence electrons. The average Bonchev–Trinajstić information content (AvgIpc) is 2.27. The molecular weight excluding hydrogens is 204 g/mol. The van der Waals surface area contributed by atoms with Gasteiger partial charge in [-0.15, -0.1) is 0 Å². The van der Waals surface area contributed by atoms with Crippen LogP contribution in [-0.4, -0.2) is 10.9 Å². The van der Waals surface area contributed by atoms with Gasteiger partial charge in [-0.1, -0.05) is 13.0 Å². The maximum absolute atomic E-state index is 11.9. The molecule has 4 heteroatoms. The number of amides is 1. The van der Waals surface area contributed by atoms with Crippen LogP contribution in [0, 0.1) is 0 Å². The van der Waals surface area contributed by atoms with E-state index in [-0.39, 0.29) is 11.0 Å². The van der Waals surface area contributed by atoms with Gasteiger partial charge in [-0.05, 0) is 18.6 Å². The van der Waals surface area contributed by atoms with Crippen LogP contribution in [0.3, 0.4) is 0 Å². The summed E-state index contributed by atoms with van der Waals surface area (Å²) in [4.78, 5) is 26.2. The number of carbonyl (C=O) groups excluding carboxylic acids is 1. The Kier molecular flexibility index (Phi) is 2.48. The second-order valence-electron chi connectivity index (χ2n) is 3.60. The lowest BCUT2D eigenvalue weighted by molar-refractivity contribution is 0.100. The van der Waals surface area contributed by atoms with Crippen LogP contribution in [0.15, 0.2) is 29.1 Å². The van der Waals surface area contributed by atoms with Gasteiger partial charge in [-0.25, -0.2) is 0 Å². The van der Waals surface area contributed by atoms with Gasteiger partial charge in [0.25, 0.3) is 0 Å². The summed E-state index contributed by atoms with van der Waals surface area (Å²) >= 11 is 0. The summed E-state index contributed by atoms with van der Waals surface area (Å²) < 4.78 is 0. The first-order valence-electron chi connectivity index (χ1n) is 5.08. The minimum absolute atomic E-state index is 0.167. The van der Waals surface area contributed by atoms with Crippen LogP contribution in [0.2, 0.25) is 0 Å². The summed E-state index contributed by atoms with van der Waals surface area (Å²) in [5, 5.41) is 0.368. The molecule has 1 amide bonds. The predicted molar refractivity (Wildman–Crippen MR) is 62.5 cm³/mol. The maximum atomic E-state index is 11.9. The van der Waals surface area contributed by atoms with Crippen molar-refractivity contribution in [3.63, 3.8) is 0 Å². The number of H-pyrrole nitrogens is 1. The van der Waals surface area contributed by atoms with Crippen molar-refractivity contribution in [2.24, 2.45) is 5.73 Å². The lowest BCUT2D eigenvalue weighted by atomic mass is 10.1. The number of rotatable bonds is 2. The first-order valence-corrected chi connectivity index (χ1v) is 5.08. The third-order valence-electron chi connectivity index (χ3n) is 2.56. The zero-order valence-corrected chi connectivity index (χ0v) is 8.91. The molecule has 0 saturated carbocycles. The number of hydrogen-bond acceptors (Lipinski definition) is 2. The van der Waals surface area contributed by atoms with E-state index < -0.39 is 5.91 Å². The van der Waals surface area contributed by atoms with E-state index >= 15 is 0 Å². The number of pyridine rings is 1. The lowest BCUT2D eigenvalue weighted by Gasteiger charge is -2.04. The molecule has 0 saturated heterocycles. The van der Waals surface area contributed by atoms with Crippen LogP contribution in [0.5, 0.6) is 0 Å². The van der Waals surface area contributed by atoms with E-state index in [4.69, 9.17) is 5.73 Å². The molecule has 0 radical (unpaired) electrons. The van der Waals surface area contributed by atoms with Crippen LogP contribution in [-0.2, 0) is 6.42 Å². The van der Waals surface area contributed by atoms with Gasteiger partial charge in [-0.2, -0.15) is 0 Å². The molecule has 1 aromatic carbocycles. The number of aromatic nitrogens is 1. The predicted octanol–water partition coefficient (Wildman–Crippen LogP) is 1.19. The van der Waals surface area contributed by atoms with E-state index in [2.05, 4.69) is 4.98 Å². The Balaban J connectivity index is 2.89. The number of aromatic amines is 1. The number of carbonyl (C=O) groups is 1. The zero-order chi connectivity index (χ0) is 11.7. The van der Waals surface area contributed by atoms with Crippen molar-refractivity contribution >= 4 is 16.8 Å². The molecular formula is C12H12N2O2. The normalized spacial score (nSPS) is 10.6. The van der Waals surface area contributed by atoms with Crippen LogP contribution in [0.4, 0.5) is 0 Å². The zero-order valence-electron chi connectivity index (χ0n) is 8.91. The molecule has 4 nitrogen and oxygen atoms in total. The minimum atomic E-state index is -0.583. The van der Waals surface area contributed by atoms with Crippen LogP contribution in [0.25, 0.3) is 10.9 Å². The molecule has 16 heavy (non-hydrogen) atoms. The molecule has 0 bridgehead atoms. The molecule has 0 unspecified atom stereocenters. The van der Waals surface area contributed by atoms with Crippen LogP contribution < -0.4 is 11.2 Å². The fourth-order valence-corrected chi connectivity index (χ4v) is 1.76. The highest BCUT2D eigenvalue weighted by atomic mass is 16.1. The van der Waals surface area contributed by atoms with Crippen molar-refractivity contribution in [3.05, 3.63) is 45.7 Å². The van der Waals surface area contributed by atoms with Gasteiger partial charge in [-0.3, -0.25) is 9.59 Å². The SMILES string of the molecule is CCc1cc(=O)c2c(C(N)=O)cccc2[nH]1. The Morgan fingerprint density at radius 3 is 2.81 bits per heavy atom. The Morgan fingerprint density at radius 1 is 1.44 bits per heavy atom. The van der Waals surface area contributed by atoms with Crippen molar-refractivity contribution in [1.82, 2.24) is 4.98 Å². The van der Waals surface area contributed by atoms with Gasteiger partial charge >= 0.3 is 0 Å². The van der Waals surface area contributed by atoms with E-state index in [0.717, 1.165) is 12.1 Å². The highest BCUT2D eigenvalue weighted by Gasteiger charge is 2.10. The van der Waals surface area contributed by atoms with Crippen LogP contribution in [0.1, 0.15) is 23.0 Å². The number of fused-ring (bicyclic) bond motifs is 1.